The number of ether oxygens (including phenoxy) is 1. The summed E-state index contributed by atoms with van der Waals surface area (Å²) in [5.41, 5.74) is 0.0972. The van der Waals surface area contributed by atoms with Crippen LogP contribution in [0.2, 0.25) is 0 Å². The topological polar surface area (TPSA) is 61.8 Å². The molecule has 0 radical (unpaired) electrons. The standard InChI is InChI=1S/C20H26BFO5S/c1-7-25-18(24)17-9-8-16(22)11-14(17)10-15(12-28-13(2)23)21-26-19(3,4)20(5,6)27-21/h8-11H,7,12H2,1-6H3. The van der Waals surface area contributed by atoms with Gasteiger partial charge in [0.15, 0.2) is 5.12 Å². The molecule has 1 aliphatic rings. The van der Waals surface area contributed by atoms with Crippen LogP contribution in [0.25, 0.3) is 6.08 Å². The number of esters is 1. The molecule has 1 aliphatic heterocycles. The van der Waals surface area contributed by atoms with E-state index in [1.165, 1.54) is 25.1 Å². The second-order valence-corrected chi connectivity index (χ2v) is 8.69. The van der Waals surface area contributed by atoms with Gasteiger partial charge in [-0.1, -0.05) is 17.8 Å². The number of rotatable bonds is 6. The zero-order valence-electron chi connectivity index (χ0n) is 17.1. The molecule has 0 amide bonds. The summed E-state index contributed by atoms with van der Waals surface area (Å²) in [5.74, 6) is -0.724. The Labute approximate surface area is 170 Å². The molecule has 8 heteroatoms. The van der Waals surface area contributed by atoms with E-state index < -0.39 is 30.1 Å². The molecular formula is C20H26BFO5S. The van der Waals surface area contributed by atoms with E-state index in [0.29, 0.717) is 16.8 Å². The fourth-order valence-corrected chi connectivity index (χ4v) is 3.19. The van der Waals surface area contributed by atoms with Gasteiger partial charge in [-0.2, -0.15) is 0 Å². The normalized spacial score (nSPS) is 18.2. The van der Waals surface area contributed by atoms with Gasteiger partial charge in [0.25, 0.3) is 0 Å². The fourth-order valence-electron chi connectivity index (χ4n) is 2.60. The number of carbonyl (C=O) groups excluding carboxylic acids is 2. The third kappa shape index (κ3) is 5.24. The van der Waals surface area contributed by atoms with Crippen LogP contribution in [0.4, 0.5) is 4.39 Å². The first-order valence-corrected chi connectivity index (χ1v) is 10.1. The molecule has 1 fully saturated rings. The van der Waals surface area contributed by atoms with Gasteiger partial charge in [-0.3, -0.25) is 4.79 Å². The van der Waals surface area contributed by atoms with Gasteiger partial charge in [0, 0.05) is 12.7 Å². The van der Waals surface area contributed by atoms with Crippen molar-refractivity contribution in [3.8, 4) is 0 Å². The highest BCUT2D eigenvalue weighted by Gasteiger charge is 2.52. The third-order valence-electron chi connectivity index (χ3n) is 4.85. The van der Waals surface area contributed by atoms with Crippen LogP contribution in [0.3, 0.4) is 0 Å². The SMILES string of the molecule is CCOC(=O)c1ccc(F)cc1C=C(CSC(C)=O)B1OC(C)(C)C(C)(C)O1. The second-order valence-electron chi connectivity index (χ2n) is 7.54. The van der Waals surface area contributed by atoms with E-state index in [4.69, 9.17) is 14.0 Å². The Kier molecular flexibility index (Phi) is 7.12. The van der Waals surface area contributed by atoms with Crippen molar-refractivity contribution < 1.29 is 28.0 Å². The van der Waals surface area contributed by atoms with Gasteiger partial charge in [0.1, 0.15) is 5.82 Å². The van der Waals surface area contributed by atoms with Crippen molar-refractivity contribution in [2.75, 3.05) is 12.4 Å². The maximum Gasteiger partial charge on any atom is 0.491 e. The first kappa shape index (κ1) is 22.7. The van der Waals surface area contributed by atoms with Crippen molar-refractivity contribution in [1.82, 2.24) is 0 Å². The summed E-state index contributed by atoms with van der Waals surface area (Å²) < 4.78 is 31.1. The summed E-state index contributed by atoms with van der Waals surface area (Å²) >= 11 is 1.10. The van der Waals surface area contributed by atoms with Crippen LogP contribution in [0.5, 0.6) is 0 Å². The Hall–Kier alpha value is -1.64. The number of carbonyl (C=O) groups is 2. The summed E-state index contributed by atoms with van der Waals surface area (Å²) in [6.45, 7) is 11.1. The Morgan fingerprint density at radius 2 is 1.82 bits per heavy atom. The Balaban J connectivity index is 2.47. The van der Waals surface area contributed by atoms with Crippen LogP contribution in [-0.2, 0) is 18.8 Å². The molecule has 28 heavy (non-hydrogen) atoms. The van der Waals surface area contributed by atoms with Crippen molar-refractivity contribution in [2.45, 2.75) is 52.7 Å². The highest BCUT2D eigenvalue weighted by atomic mass is 32.2. The Morgan fingerprint density at radius 1 is 1.21 bits per heavy atom. The van der Waals surface area contributed by atoms with E-state index in [1.54, 1.807) is 13.0 Å². The lowest BCUT2D eigenvalue weighted by Crippen LogP contribution is -2.41. The molecule has 0 N–H and O–H groups in total. The lowest BCUT2D eigenvalue weighted by atomic mass is 9.78. The second kappa shape index (κ2) is 8.80. The fraction of sp³-hybridized carbons (Fsp3) is 0.500. The van der Waals surface area contributed by atoms with Crippen LogP contribution in [0, 0.1) is 5.82 Å². The third-order valence-corrected chi connectivity index (χ3v) is 5.73. The molecule has 1 aromatic carbocycles. The summed E-state index contributed by atoms with van der Waals surface area (Å²) in [7, 11) is -0.713. The molecule has 0 aromatic heterocycles. The minimum Gasteiger partial charge on any atom is -0.462 e. The predicted molar refractivity (Wildman–Crippen MR) is 110 cm³/mol. The van der Waals surface area contributed by atoms with Crippen molar-refractivity contribution in [3.63, 3.8) is 0 Å². The van der Waals surface area contributed by atoms with Gasteiger partial charge in [-0.05, 0) is 63.9 Å². The molecule has 1 aromatic rings. The molecule has 2 rings (SSSR count). The molecular weight excluding hydrogens is 382 g/mol. The van der Waals surface area contributed by atoms with E-state index in [9.17, 15) is 14.0 Å². The molecule has 0 aliphatic carbocycles. The molecule has 152 valence electrons. The van der Waals surface area contributed by atoms with Crippen molar-refractivity contribution in [2.24, 2.45) is 0 Å². The van der Waals surface area contributed by atoms with Gasteiger partial charge >= 0.3 is 13.1 Å². The molecule has 0 unspecified atom stereocenters. The minimum atomic E-state index is -0.713. The van der Waals surface area contributed by atoms with Crippen molar-refractivity contribution >= 4 is 36.0 Å². The first-order chi connectivity index (χ1) is 13.0. The molecule has 1 saturated heterocycles. The van der Waals surface area contributed by atoms with E-state index in [0.717, 1.165) is 11.8 Å². The average molecular weight is 408 g/mol. The molecule has 0 spiro atoms. The summed E-state index contributed by atoms with van der Waals surface area (Å²) in [6, 6.07) is 3.86. The van der Waals surface area contributed by atoms with Gasteiger partial charge in [0.2, 0.25) is 0 Å². The minimum absolute atomic E-state index is 0.0627. The molecule has 0 atom stereocenters. The number of halogens is 1. The summed E-state index contributed by atoms with van der Waals surface area (Å²) in [6.07, 6.45) is 1.65. The van der Waals surface area contributed by atoms with Crippen LogP contribution in [-0.4, -0.2) is 41.8 Å². The smallest absolute Gasteiger partial charge is 0.462 e. The van der Waals surface area contributed by atoms with Crippen molar-refractivity contribution in [1.29, 1.82) is 0 Å². The Bertz CT molecular complexity index is 775. The maximum absolute atomic E-state index is 13.9. The van der Waals surface area contributed by atoms with Crippen LogP contribution in [0.15, 0.2) is 23.7 Å². The first-order valence-electron chi connectivity index (χ1n) is 9.13. The van der Waals surface area contributed by atoms with E-state index >= 15 is 0 Å². The van der Waals surface area contributed by atoms with Crippen LogP contribution in [0.1, 0.15) is 57.5 Å². The monoisotopic (exact) mass is 408 g/mol. The summed E-state index contributed by atoms with van der Waals surface area (Å²) in [4.78, 5) is 23.8. The highest BCUT2D eigenvalue weighted by molar-refractivity contribution is 8.13. The number of benzene rings is 1. The van der Waals surface area contributed by atoms with Gasteiger partial charge in [-0.15, -0.1) is 0 Å². The quantitative estimate of drug-likeness (QED) is 0.517. The van der Waals surface area contributed by atoms with Gasteiger partial charge < -0.3 is 14.0 Å². The summed E-state index contributed by atoms with van der Waals surface area (Å²) in [5, 5.41) is -0.0627. The van der Waals surface area contributed by atoms with E-state index in [1.807, 2.05) is 27.7 Å². The van der Waals surface area contributed by atoms with Gasteiger partial charge in [0.05, 0.1) is 23.4 Å². The van der Waals surface area contributed by atoms with Crippen LogP contribution >= 0.6 is 11.8 Å². The largest absolute Gasteiger partial charge is 0.491 e. The average Bonchev–Trinajstić information content (AvgIpc) is 2.79. The lowest BCUT2D eigenvalue weighted by Gasteiger charge is -2.32. The zero-order valence-corrected chi connectivity index (χ0v) is 17.9. The number of hydrogen-bond donors (Lipinski definition) is 0. The molecule has 0 bridgehead atoms. The number of thioether (sulfide) groups is 1. The van der Waals surface area contributed by atoms with Gasteiger partial charge in [-0.25, -0.2) is 9.18 Å². The highest BCUT2D eigenvalue weighted by Crippen LogP contribution is 2.39. The van der Waals surface area contributed by atoms with E-state index in [-0.39, 0.29) is 17.3 Å². The lowest BCUT2D eigenvalue weighted by molar-refractivity contribution is -0.109. The molecule has 5 nitrogen and oxygen atoms in total. The Morgan fingerprint density at radius 3 is 2.36 bits per heavy atom. The van der Waals surface area contributed by atoms with Crippen molar-refractivity contribution in [3.05, 3.63) is 40.6 Å². The van der Waals surface area contributed by atoms with Crippen LogP contribution < -0.4 is 0 Å². The molecule has 0 saturated carbocycles. The molecule has 1 heterocycles. The van der Waals surface area contributed by atoms with E-state index in [2.05, 4.69) is 0 Å². The number of hydrogen-bond acceptors (Lipinski definition) is 6. The maximum atomic E-state index is 13.9. The predicted octanol–water partition coefficient (Wildman–Crippen LogP) is 4.30. The zero-order chi connectivity index (χ0) is 21.1.